The van der Waals surface area contributed by atoms with Gasteiger partial charge in [-0.05, 0) is 5.18 Å². The minimum atomic E-state index is -0.442. The molecule has 2 N–H and O–H groups in total. The summed E-state index contributed by atoms with van der Waals surface area (Å²) in [5.74, 6) is 0.699. The van der Waals surface area contributed by atoms with Crippen LogP contribution in [0, 0.1) is 4.91 Å². The van der Waals surface area contributed by atoms with E-state index in [1.165, 1.54) is 16.3 Å². The van der Waals surface area contributed by atoms with Gasteiger partial charge < -0.3 is 5.73 Å². The molecule has 0 saturated carbocycles. The summed E-state index contributed by atoms with van der Waals surface area (Å²) in [6, 6.07) is 0. The van der Waals surface area contributed by atoms with Gasteiger partial charge in [0.05, 0.1) is 0 Å². The maximum atomic E-state index is 11.4. The second-order valence-corrected chi connectivity index (χ2v) is 3.59. The molecular formula is C6H6N4O2S. The van der Waals surface area contributed by atoms with Crippen molar-refractivity contribution in [2.24, 2.45) is 5.18 Å². The smallest absolute Gasteiger partial charge is 0.285 e. The summed E-state index contributed by atoms with van der Waals surface area (Å²) in [6.07, 6.45) is 0. The number of hydrogen-bond donors (Lipinski definition) is 1. The summed E-state index contributed by atoms with van der Waals surface area (Å²) >= 11 is 1.44. The highest BCUT2D eigenvalue weighted by Gasteiger charge is 2.19. The minimum absolute atomic E-state index is 0.0827. The van der Waals surface area contributed by atoms with Crippen LogP contribution in [-0.2, 0) is 6.54 Å². The molecule has 2 rings (SSSR count). The van der Waals surface area contributed by atoms with E-state index in [4.69, 9.17) is 5.73 Å². The maximum Gasteiger partial charge on any atom is 0.285 e. The lowest BCUT2D eigenvalue weighted by atomic mass is 10.5. The number of thioether (sulfide) groups is 1. The van der Waals surface area contributed by atoms with E-state index < -0.39 is 5.56 Å². The van der Waals surface area contributed by atoms with Gasteiger partial charge in [0.1, 0.15) is 0 Å². The number of nitrogens with zero attached hydrogens (tertiary/aromatic N) is 3. The number of hydrogen-bond acceptors (Lipinski definition) is 6. The molecule has 0 amide bonds. The number of nitrogen functional groups attached to an aromatic ring is 1. The van der Waals surface area contributed by atoms with E-state index in [-0.39, 0.29) is 11.5 Å². The van der Waals surface area contributed by atoms with Gasteiger partial charge in [-0.1, -0.05) is 11.8 Å². The van der Waals surface area contributed by atoms with Crippen LogP contribution in [0.1, 0.15) is 0 Å². The van der Waals surface area contributed by atoms with E-state index in [2.05, 4.69) is 10.2 Å². The second kappa shape index (κ2) is 2.84. The van der Waals surface area contributed by atoms with E-state index in [9.17, 15) is 9.70 Å². The van der Waals surface area contributed by atoms with Gasteiger partial charge in [0, 0.05) is 12.3 Å². The van der Waals surface area contributed by atoms with Crippen molar-refractivity contribution in [2.75, 3.05) is 11.5 Å². The maximum absolute atomic E-state index is 11.4. The predicted molar refractivity (Wildman–Crippen MR) is 49.1 cm³/mol. The Morgan fingerprint density at radius 1 is 1.62 bits per heavy atom. The predicted octanol–water partition coefficient (Wildman–Crippen LogP) is 0.329. The summed E-state index contributed by atoms with van der Waals surface area (Å²) < 4.78 is 1.41. The first-order valence-electron chi connectivity index (χ1n) is 3.60. The van der Waals surface area contributed by atoms with E-state index in [0.717, 1.165) is 5.75 Å². The van der Waals surface area contributed by atoms with Crippen molar-refractivity contribution in [1.82, 2.24) is 9.55 Å². The molecule has 6 nitrogen and oxygen atoms in total. The number of anilines is 1. The number of rotatable bonds is 1. The topological polar surface area (TPSA) is 90.3 Å². The van der Waals surface area contributed by atoms with Crippen molar-refractivity contribution in [3.63, 3.8) is 0 Å². The first-order chi connectivity index (χ1) is 6.24. The molecule has 0 unspecified atom stereocenters. The van der Waals surface area contributed by atoms with Gasteiger partial charge in [0.15, 0.2) is 11.0 Å². The summed E-state index contributed by atoms with van der Waals surface area (Å²) in [7, 11) is 0. The monoisotopic (exact) mass is 198 g/mol. The van der Waals surface area contributed by atoms with E-state index in [1.54, 1.807) is 0 Å². The van der Waals surface area contributed by atoms with Gasteiger partial charge in [0.25, 0.3) is 5.56 Å². The van der Waals surface area contributed by atoms with E-state index in [1.807, 2.05) is 0 Å². The molecule has 0 bridgehead atoms. The van der Waals surface area contributed by atoms with Crippen molar-refractivity contribution < 1.29 is 0 Å². The zero-order valence-electron chi connectivity index (χ0n) is 6.56. The van der Waals surface area contributed by atoms with Crippen LogP contribution >= 0.6 is 11.8 Å². The third-order valence-electron chi connectivity index (χ3n) is 1.77. The first-order valence-corrected chi connectivity index (χ1v) is 4.59. The Hall–Kier alpha value is -1.37. The largest absolute Gasteiger partial charge is 0.382 e. The van der Waals surface area contributed by atoms with Gasteiger partial charge in [-0.15, -0.1) is 4.91 Å². The molecule has 0 fully saturated rings. The molecule has 13 heavy (non-hydrogen) atoms. The Balaban J connectivity index is 2.77. The Labute approximate surface area is 77.1 Å². The van der Waals surface area contributed by atoms with Gasteiger partial charge in [-0.2, -0.15) is 0 Å². The average Bonchev–Trinajstić information content (AvgIpc) is 2.53. The van der Waals surface area contributed by atoms with E-state index in [0.29, 0.717) is 11.7 Å². The molecule has 1 aliphatic rings. The Morgan fingerprint density at radius 3 is 3.08 bits per heavy atom. The molecule has 0 saturated heterocycles. The van der Waals surface area contributed by atoms with Gasteiger partial charge in [-0.25, -0.2) is 4.98 Å². The molecule has 68 valence electrons. The van der Waals surface area contributed by atoms with Crippen LogP contribution < -0.4 is 11.3 Å². The van der Waals surface area contributed by atoms with Crippen molar-refractivity contribution >= 4 is 23.3 Å². The summed E-state index contributed by atoms with van der Waals surface area (Å²) in [6.45, 7) is 0.564. The molecule has 1 aromatic heterocycles. The molecule has 0 radical (unpaired) electrons. The summed E-state index contributed by atoms with van der Waals surface area (Å²) in [4.78, 5) is 25.6. The highest BCUT2D eigenvalue weighted by Crippen LogP contribution is 2.25. The Kier molecular flexibility index (Phi) is 1.80. The number of fused-ring (bicyclic) bond motifs is 1. The minimum Gasteiger partial charge on any atom is -0.382 e. The fraction of sp³-hybridized carbons (Fsp3) is 0.333. The molecule has 2 heterocycles. The zero-order chi connectivity index (χ0) is 9.42. The lowest BCUT2D eigenvalue weighted by molar-refractivity contribution is 0.659. The third-order valence-corrected chi connectivity index (χ3v) is 2.73. The Morgan fingerprint density at radius 2 is 2.38 bits per heavy atom. The third kappa shape index (κ3) is 1.12. The van der Waals surface area contributed by atoms with Gasteiger partial charge >= 0.3 is 0 Å². The normalized spacial score (nSPS) is 14.2. The lowest BCUT2D eigenvalue weighted by Crippen LogP contribution is -2.21. The van der Waals surface area contributed by atoms with Crippen molar-refractivity contribution in [3.8, 4) is 0 Å². The lowest BCUT2D eigenvalue weighted by Gasteiger charge is -2.02. The summed E-state index contributed by atoms with van der Waals surface area (Å²) in [5.41, 5.74) is 4.65. The molecule has 0 atom stereocenters. The number of nitroso groups, excluding NO2 is 1. The molecule has 0 aliphatic carbocycles. The zero-order valence-corrected chi connectivity index (χ0v) is 7.37. The molecule has 1 aromatic rings. The molecule has 7 heteroatoms. The van der Waals surface area contributed by atoms with Crippen LogP contribution in [0.5, 0.6) is 0 Å². The molecule has 0 spiro atoms. The fourth-order valence-corrected chi connectivity index (χ4v) is 2.11. The quantitative estimate of drug-likeness (QED) is 0.518. The second-order valence-electron chi connectivity index (χ2n) is 2.52. The van der Waals surface area contributed by atoms with Crippen LogP contribution in [-0.4, -0.2) is 15.3 Å². The van der Waals surface area contributed by atoms with Crippen LogP contribution in [0.25, 0.3) is 0 Å². The summed E-state index contributed by atoms with van der Waals surface area (Å²) in [5, 5.41) is 3.13. The number of aromatic nitrogens is 2. The molecule has 1 aliphatic heterocycles. The SMILES string of the molecule is Nc1nc2n(c(=O)c1N=O)CCS2. The van der Waals surface area contributed by atoms with E-state index >= 15 is 0 Å². The molecular weight excluding hydrogens is 192 g/mol. The first kappa shape index (κ1) is 8.24. The number of nitrogens with two attached hydrogens (primary N) is 1. The van der Waals surface area contributed by atoms with Crippen molar-refractivity contribution in [3.05, 3.63) is 15.3 Å². The standard InChI is InChI=1S/C6H6N4O2S/c7-4-3(9-12)5(11)10-1-2-13-6(10)8-4/h1-2,7H2. The fourth-order valence-electron chi connectivity index (χ4n) is 1.16. The van der Waals surface area contributed by atoms with Gasteiger partial charge in [-0.3, -0.25) is 9.36 Å². The van der Waals surface area contributed by atoms with Crippen LogP contribution in [0.2, 0.25) is 0 Å². The van der Waals surface area contributed by atoms with Crippen LogP contribution in [0.4, 0.5) is 11.5 Å². The molecule has 0 aromatic carbocycles. The highest BCUT2D eigenvalue weighted by molar-refractivity contribution is 7.99. The average molecular weight is 198 g/mol. The van der Waals surface area contributed by atoms with Crippen molar-refractivity contribution in [2.45, 2.75) is 11.7 Å². The van der Waals surface area contributed by atoms with Crippen LogP contribution in [0.15, 0.2) is 15.1 Å². The van der Waals surface area contributed by atoms with Crippen LogP contribution in [0.3, 0.4) is 0 Å². The van der Waals surface area contributed by atoms with Crippen molar-refractivity contribution in [1.29, 1.82) is 0 Å². The Bertz CT molecular complexity index is 427. The highest BCUT2D eigenvalue weighted by atomic mass is 32.2. The van der Waals surface area contributed by atoms with Gasteiger partial charge in [0.2, 0.25) is 5.69 Å².